The van der Waals surface area contributed by atoms with Crippen molar-refractivity contribution in [1.82, 2.24) is 9.80 Å². The molecule has 1 heterocycles. The van der Waals surface area contributed by atoms with E-state index in [9.17, 15) is 9.59 Å². The minimum absolute atomic E-state index is 0.000116. The second-order valence-corrected chi connectivity index (χ2v) is 5.20. The highest BCUT2D eigenvalue weighted by atomic mass is 16.2. The smallest absolute Gasteiger partial charge is 0.242 e. The Balaban J connectivity index is 2.09. The van der Waals surface area contributed by atoms with Gasteiger partial charge in [0.1, 0.15) is 6.54 Å². The number of hydrogen-bond donors (Lipinski definition) is 1. The monoisotopic (exact) mass is 275 g/mol. The minimum atomic E-state index is -0.000116. The van der Waals surface area contributed by atoms with Gasteiger partial charge in [0.25, 0.3) is 0 Å². The van der Waals surface area contributed by atoms with Crippen LogP contribution in [0.1, 0.15) is 24.5 Å². The molecule has 0 atom stereocenters. The van der Waals surface area contributed by atoms with Crippen molar-refractivity contribution in [2.75, 3.05) is 25.4 Å². The predicted octanol–water partition coefficient (Wildman–Crippen LogP) is 1.16. The standard InChI is InChI=1S/C15H21N3O2/c1-3-7-17-9-15(20)18(10-14(17)19)8-12-5-4-6-13(16)11(12)2/h4-6H,3,7-10,16H2,1-2H3. The number of rotatable bonds is 4. The van der Waals surface area contributed by atoms with Gasteiger partial charge in [0.05, 0.1) is 6.54 Å². The molecule has 1 fully saturated rings. The normalized spacial score (nSPS) is 15.9. The van der Waals surface area contributed by atoms with Crippen LogP contribution in [0.2, 0.25) is 0 Å². The predicted molar refractivity (Wildman–Crippen MR) is 77.9 cm³/mol. The molecule has 5 nitrogen and oxygen atoms in total. The van der Waals surface area contributed by atoms with Gasteiger partial charge >= 0.3 is 0 Å². The van der Waals surface area contributed by atoms with E-state index < -0.39 is 0 Å². The van der Waals surface area contributed by atoms with Gasteiger partial charge < -0.3 is 15.5 Å². The van der Waals surface area contributed by atoms with E-state index in [0.717, 1.165) is 17.5 Å². The highest BCUT2D eigenvalue weighted by Crippen LogP contribution is 2.18. The van der Waals surface area contributed by atoms with Crippen molar-refractivity contribution in [3.8, 4) is 0 Å². The summed E-state index contributed by atoms with van der Waals surface area (Å²) in [5.74, 6) is 0.0212. The summed E-state index contributed by atoms with van der Waals surface area (Å²) in [5.41, 5.74) is 8.56. The molecular weight excluding hydrogens is 254 g/mol. The Bertz CT molecular complexity index is 528. The van der Waals surface area contributed by atoms with Crippen LogP contribution < -0.4 is 5.73 Å². The van der Waals surface area contributed by atoms with Crippen molar-refractivity contribution < 1.29 is 9.59 Å². The third-order valence-electron chi connectivity index (χ3n) is 3.70. The summed E-state index contributed by atoms with van der Waals surface area (Å²) < 4.78 is 0. The fraction of sp³-hybridized carbons (Fsp3) is 0.467. The van der Waals surface area contributed by atoms with Gasteiger partial charge in [-0.3, -0.25) is 9.59 Å². The highest BCUT2D eigenvalue weighted by molar-refractivity contribution is 5.92. The van der Waals surface area contributed by atoms with Gasteiger partial charge in [0.2, 0.25) is 11.8 Å². The number of carbonyl (C=O) groups excluding carboxylic acids is 2. The quantitative estimate of drug-likeness (QED) is 0.838. The summed E-state index contributed by atoms with van der Waals surface area (Å²) in [6.45, 7) is 5.38. The van der Waals surface area contributed by atoms with E-state index in [4.69, 9.17) is 5.73 Å². The number of amides is 2. The first-order valence-corrected chi connectivity index (χ1v) is 6.92. The Hall–Kier alpha value is -2.04. The molecule has 1 aromatic rings. The van der Waals surface area contributed by atoms with Crippen molar-refractivity contribution in [3.05, 3.63) is 29.3 Å². The van der Waals surface area contributed by atoms with Crippen LogP contribution >= 0.6 is 0 Å². The fourth-order valence-corrected chi connectivity index (χ4v) is 2.40. The van der Waals surface area contributed by atoms with Crippen molar-refractivity contribution >= 4 is 17.5 Å². The third-order valence-corrected chi connectivity index (χ3v) is 3.70. The van der Waals surface area contributed by atoms with Gasteiger partial charge in [0.15, 0.2) is 0 Å². The molecule has 0 bridgehead atoms. The van der Waals surface area contributed by atoms with Gasteiger partial charge in [-0.25, -0.2) is 0 Å². The van der Waals surface area contributed by atoms with Crippen LogP contribution in [0.3, 0.4) is 0 Å². The molecular formula is C15H21N3O2. The number of nitrogens with two attached hydrogens (primary N) is 1. The summed E-state index contributed by atoms with van der Waals surface area (Å²) in [7, 11) is 0. The summed E-state index contributed by atoms with van der Waals surface area (Å²) in [5, 5.41) is 0. The van der Waals surface area contributed by atoms with Crippen molar-refractivity contribution in [1.29, 1.82) is 0 Å². The van der Waals surface area contributed by atoms with Crippen LogP contribution in [-0.4, -0.2) is 41.2 Å². The fourth-order valence-electron chi connectivity index (χ4n) is 2.40. The van der Waals surface area contributed by atoms with Crippen LogP contribution in [0.5, 0.6) is 0 Å². The molecule has 0 spiro atoms. The maximum Gasteiger partial charge on any atom is 0.242 e. The number of hydrogen-bond acceptors (Lipinski definition) is 3. The average molecular weight is 275 g/mol. The van der Waals surface area contributed by atoms with E-state index in [1.807, 2.05) is 32.0 Å². The summed E-state index contributed by atoms with van der Waals surface area (Å²) in [4.78, 5) is 27.4. The van der Waals surface area contributed by atoms with Gasteiger partial charge in [-0.15, -0.1) is 0 Å². The number of benzene rings is 1. The molecule has 2 N–H and O–H groups in total. The van der Waals surface area contributed by atoms with E-state index >= 15 is 0 Å². The van der Waals surface area contributed by atoms with E-state index in [1.165, 1.54) is 0 Å². The zero-order chi connectivity index (χ0) is 14.7. The van der Waals surface area contributed by atoms with Crippen LogP contribution in [0, 0.1) is 6.92 Å². The Kier molecular flexibility index (Phi) is 4.27. The largest absolute Gasteiger partial charge is 0.399 e. The lowest BCUT2D eigenvalue weighted by Crippen LogP contribution is -2.53. The first-order valence-electron chi connectivity index (χ1n) is 6.92. The maximum absolute atomic E-state index is 12.1. The summed E-state index contributed by atoms with van der Waals surface area (Å²) >= 11 is 0. The molecule has 1 aliphatic heterocycles. The second kappa shape index (κ2) is 5.94. The van der Waals surface area contributed by atoms with Gasteiger partial charge in [0, 0.05) is 18.8 Å². The number of piperazine rings is 1. The SMILES string of the molecule is CCCN1CC(=O)N(Cc2cccc(N)c2C)CC1=O. The minimum Gasteiger partial charge on any atom is -0.399 e. The van der Waals surface area contributed by atoms with E-state index in [0.29, 0.717) is 18.8 Å². The Morgan fingerprint density at radius 2 is 1.80 bits per heavy atom. The molecule has 108 valence electrons. The van der Waals surface area contributed by atoms with Crippen molar-refractivity contribution in [2.45, 2.75) is 26.8 Å². The van der Waals surface area contributed by atoms with Crippen LogP contribution in [0.15, 0.2) is 18.2 Å². The molecule has 0 unspecified atom stereocenters. The molecule has 20 heavy (non-hydrogen) atoms. The highest BCUT2D eigenvalue weighted by Gasteiger charge is 2.29. The molecule has 5 heteroatoms. The van der Waals surface area contributed by atoms with E-state index in [1.54, 1.807) is 9.80 Å². The van der Waals surface area contributed by atoms with Crippen LogP contribution in [0.25, 0.3) is 0 Å². The Morgan fingerprint density at radius 1 is 1.15 bits per heavy atom. The molecule has 2 amide bonds. The van der Waals surface area contributed by atoms with Crippen molar-refractivity contribution in [3.63, 3.8) is 0 Å². The molecule has 1 saturated heterocycles. The van der Waals surface area contributed by atoms with Gasteiger partial charge in [-0.05, 0) is 30.5 Å². The first-order chi connectivity index (χ1) is 9.52. The third kappa shape index (κ3) is 2.92. The lowest BCUT2D eigenvalue weighted by atomic mass is 10.1. The lowest BCUT2D eigenvalue weighted by Gasteiger charge is -2.34. The van der Waals surface area contributed by atoms with Gasteiger partial charge in [-0.2, -0.15) is 0 Å². The molecule has 1 aliphatic rings. The average Bonchev–Trinajstić information content (AvgIpc) is 2.41. The molecule has 2 rings (SSSR count). The molecule has 0 aromatic heterocycles. The number of nitrogen functional groups attached to an aromatic ring is 1. The zero-order valence-corrected chi connectivity index (χ0v) is 12.1. The Labute approximate surface area is 119 Å². The number of anilines is 1. The van der Waals surface area contributed by atoms with Gasteiger partial charge in [-0.1, -0.05) is 19.1 Å². The number of carbonyl (C=O) groups is 2. The zero-order valence-electron chi connectivity index (χ0n) is 12.1. The molecule has 0 aliphatic carbocycles. The van der Waals surface area contributed by atoms with E-state index in [2.05, 4.69) is 0 Å². The topological polar surface area (TPSA) is 66.6 Å². The van der Waals surface area contributed by atoms with Crippen LogP contribution in [0.4, 0.5) is 5.69 Å². The Morgan fingerprint density at radius 3 is 2.50 bits per heavy atom. The molecule has 0 saturated carbocycles. The second-order valence-electron chi connectivity index (χ2n) is 5.20. The summed E-state index contributed by atoms with van der Waals surface area (Å²) in [6.07, 6.45) is 0.868. The maximum atomic E-state index is 12.1. The lowest BCUT2D eigenvalue weighted by molar-refractivity contribution is -0.150. The first kappa shape index (κ1) is 14.4. The van der Waals surface area contributed by atoms with Crippen LogP contribution in [-0.2, 0) is 16.1 Å². The number of nitrogens with zero attached hydrogens (tertiary/aromatic N) is 2. The van der Waals surface area contributed by atoms with E-state index in [-0.39, 0.29) is 24.9 Å². The molecule has 1 aromatic carbocycles. The summed E-state index contributed by atoms with van der Waals surface area (Å²) in [6, 6.07) is 5.66. The molecule has 0 radical (unpaired) electrons. The van der Waals surface area contributed by atoms with Crippen molar-refractivity contribution in [2.24, 2.45) is 0 Å².